The lowest BCUT2D eigenvalue weighted by Gasteiger charge is -2.30. The van der Waals surface area contributed by atoms with Crippen LogP contribution in [0, 0.1) is 0 Å². The van der Waals surface area contributed by atoms with Crippen LogP contribution in [-0.4, -0.2) is 94.6 Å². The molecule has 0 fully saturated rings. The topological polar surface area (TPSA) is 174 Å². The van der Waals surface area contributed by atoms with Crippen LogP contribution in [0.5, 0.6) is 0 Å². The molecule has 89 heavy (non-hydrogen) atoms. The number of nitrogens with one attached hydrogen (secondary N) is 1. The summed E-state index contributed by atoms with van der Waals surface area (Å²) in [7, 11) is -2.59. The van der Waals surface area contributed by atoms with Crippen molar-refractivity contribution in [3.63, 3.8) is 0 Å². The number of hydrogen-bond donors (Lipinski definition) is 2. The van der Waals surface area contributed by atoms with Gasteiger partial charge in [-0.1, -0.05) is 99.5 Å². The maximum atomic E-state index is 13.6. The molecule has 6 heterocycles. The molecule has 1 amide bonds. The van der Waals surface area contributed by atoms with Crippen molar-refractivity contribution in [1.29, 1.82) is 0 Å². The van der Waals surface area contributed by atoms with Crippen LogP contribution < -0.4 is 11.1 Å². The molecule has 0 radical (unpaired) electrons. The minimum absolute atomic E-state index is 0.0661. The molecule has 13 nitrogen and oxygen atoms in total. The monoisotopic (exact) mass is 1280 g/mol. The van der Waals surface area contributed by atoms with Gasteiger partial charge in [0.1, 0.15) is 62.6 Å². The van der Waals surface area contributed by atoms with E-state index in [0.717, 1.165) is 91.6 Å². The molecule has 0 bridgehead atoms. The lowest BCUT2D eigenvalue weighted by atomic mass is 9.94. The second-order valence-electron chi connectivity index (χ2n) is 24.4. The number of carbonyl (C=O) groups is 2. The number of rotatable bonds is 14. The Morgan fingerprint density at radius 3 is 1.37 bits per heavy atom. The molecule has 4 aromatic carbocycles. The highest BCUT2D eigenvalue weighted by molar-refractivity contribution is 7.84. The lowest BCUT2D eigenvalue weighted by Crippen LogP contribution is -2.36. The van der Waals surface area contributed by atoms with Gasteiger partial charge in [0.05, 0.1) is 46.1 Å². The summed E-state index contributed by atoms with van der Waals surface area (Å²) < 4.78 is 118. The summed E-state index contributed by atoms with van der Waals surface area (Å²) in [6.07, 6.45) is -5.45. The Bertz CT molecular complexity index is 3750. The van der Waals surface area contributed by atoms with Gasteiger partial charge in [-0.2, -0.15) is 26.3 Å². The summed E-state index contributed by atoms with van der Waals surface area (Å²) in [5.74, 6) is 6.98. The lowest BCUT2D eigenvalue weighted by molar-refractivity contribution is -0.123. The number of alkyl halides is 6. The minimum atomic E-state index is -4.55. The zero-order valence-electron chi connectivity index (χ0n) is 52.5. The van der Waals surface area contributed by atoms with Crippen molar-refractivity contribution in [3.8, 4) is 45.2 Å². The van der Waals surface area contributed by atoms with Crippen molar-refractivity contribution in [3.05, 3.63) is 155 Å². The van der Waals surface area contributed by atoms with Gasteiger partial charge >= 0.3 is 18.3 Å². The van der Waals surface area contributed by atoms with Crippen LogP contribution in [0.3, 0.4) is 0 Å². The Hall–Kier alpha value is -6.51. The molecule has 0 unspecified atom stereocenters. The van der Waals surface area contributed by atoms with Gasteiger partial charge in [-0.15, -0.1) is 17.4 Å². The number of fused-ring (bicyclic) bond motifs is 4. The third kappa shape index (κ3) is 17.9. The van der Waals surface area contributed by atoms with E-state index in [-0.39, 0.29) is 44.2 Å². The number of nitrogens with zero attached hydrogens (tertiary/aromatic N) is 4. The molecule has 0 saturated heterocycles. The predicted molar refractivity (Wildman–Crippen MR) is 345 cm³/mol. The number of esters is 1. The third-order valence-corrected chi connectivity index (χ3v) is 17.7. The summed E-state index contributed by atoms with van der Waals surface area (Å²) in [6, 6.07) is 38.3. The van der Waals surface area contributed by atoms with Gasteiger partial charge in [0.2, 0.25) is 0 Å². The fraction of sp³-hybridized carbons (Fsp3) is 0.403. The van der Waals surface area contributed by atoms with Gasteiger partial charge in [-0.05, 0) is 121 Å². The summed E-state index contributed by atoms with van der Waals surface area (Å²) in [5.41, 5.74) is 14.0. The largest absolute Gasteiger partial charge is 0.461 e. The zero-order valence-corrected chi connectivity index (χ0v) is 55.2. The number of aromatic nitrogens is 2. The zero-order chi connectivity index (χ0) is 65.3. The molecule has 8 aromatic rings. The fourth-order valence-electron chi connectivity index (χ4n) is 10.3. The molecule has 4 aromatic heterocycles. The molecule has 0 spiro atoms. The van der Waals surface area contributed by atoms with E-state index >= 15 is 0 Å². The highest BCUT2D eigenvalue weighted by Crippen LogP contribution is 2.47. The molecule has 0 saturated carbocycles. The predicted octanol–water partition coefficient (Wildman–Crippen LogP) is 16.9. The average molecular weight is 1290 g/mol. The summed E-state index contributed by atoms with van der Waals surface area (Å²) in [6.45, 7) is 16.0. The molecule has 2 aliphatic rings. The molecule has 0 aliphatic carbocycles. The van der Waals surface area contributed by atoms with Crippen molar-refractivity contribution in [1.82, 2.24) is 23.9 Å². The van der Waals surface area contributed by atoms with Crippen molar-refractivity contribution >= 4 is 69.9 Å². The molecule has 22 heteroatoms. The maximum absolute atomic E-state index is 13.6. The Morgan fingerprint density at radius 2 is 1.00 bits per heavy atom. The number of ether oxygens (including phenoxy) is 1. The molecule has 2 aliphatic heterocycles. The summed E-state index contributed by atoms with van der Waals surface area (Å²) in [5, 5.41) is 3.94. The fourth-order valence-corrected chi connectivity index (χ4v) is 13.1. The Morgan fingerprint density at radius 1 is 0.607 bits per heavy atom. The quantitative estimate of drug-likeness (QED) is 0.0606. The maximum Gasteiger partial charge on any atom is 0.405 e. The number of nitrogens with two attached hydrogens (primary N) is 1. The van der Waals surface area contributed by atoms with Crippen LogP contribution in [0.4, 0.5) is 26.3 Å². The van der Waals surface area contributed by atoms with Crippen LogP contribution in [0.1, 0.15) is 143 Å². The SMILES string of the molecule is CCC[C@@H]1c2c(cc(C(=O)NCC(F)(F)F)nc2-c2cccc(-c3cc4ccccc4o3)c2)CN1[S@](=O)C(C)(C)C.CCC[C@@H]1c2c(cc(C(=O)OCC)nc2-c2cccc(-c3cc4ccccc4o3)c2)CN1[S@](=O)C(C)(C)C.NCC(F)(F)F.[CH3][Al]([CH3])[CH3]. The van der Waals surface area contributed by atoms with Crippen molar-refractivity contribution in [2.75, 3.05) is 19.7 Å². The first kappa shape index (κ1) is 70.0. The van der Waals surface area contributed by atoms with Gasteiger partial charge in [0.15, 0.2) is 0 Å². The van der Waals surface area contributed by atoms with E-state index in [0.29, 0.717) is 36.5 Å². The Balaban J connectivity index is 0.000000220. The summed E-state index contributed by atoms with van der Waals surface area (Å²) in [4.78, 5) is 35.2. The first-order chi connectivity index (χ1) is 41.9. The second-order valence-corrected chi connectivity index (χ2v) is 32.2. The number of para-hydroxylation sites is 2. The molecule has 4 atom stereocenters. The smallest absolute Gasteiger partial charge is 0.405 e. The van der Waals surface area contributed by atoms with Crippen molar-refractivity contribution < 1.29 is 57.9 Å². The van der Waals surface area contributed by atoms with E-state index in [1.807, 2.05) is 167 Å². The Labute approximate surface area is 526 Å². The van der Waals surface area contributed by atoms with Gasteiger partial charge in [0, 0.05) is 57.2 Å². The van der Waals surface area contributed by atoms with E-state index in [9.17, 15) is 44.3 Å². The number of furan rings is 2. The highest BCUT2D eigenvalue weighted by atomic mass is 32.2. The van der Waals surface area contributed by atoms with Gasteiger partial charge in [0.25, 0.3) is 20.1 Å². The van der Waals surface area contributed by atoms with Crippen LogP contribution in [-0.2, 0) is 39.8 Å². The first-order valence-corrected chi connectivity index (χ1v) is 35.5. The van der Waals surface area contributed by atoms with Crippen LogP contribution >= 0.6 is 0 Å². The molecule has 476 valence electrons. The van der Waals surface area contributed by atoms with Gasteiger partial charge in [-0.25, -0.2) is 31.8 Å². The number of hydrogen-bond acceptors (Lipinski definition) is 10. The highest BCUT2D eigenvalue weighted by Gasteiger charge is 2.42. The molecule has 10 rings (SSSR count). The number of benzene rings is 4. The van der Waals surface area contributed by atoms with Crippen LogP contribution in [0.2, 0.25) is 17.4 Å². The average Bonchev–Trinajstić information content (AvgIpc) is 1.65. The number of pyridine rings is 2. The third-order valence-electron chi connectivity index (χ3n) is 14.0. The molecule has 3 N–H and O–H groups in total. The molecular formula is C67H79AlF6N6O7S2. The number of halogens is 6. The van der Waals surface area contributed by atoms with Crippen molar-refractivity contribution in [2.24, 2.45) is 5.73 Å². The van der Waals surface area contributed by atoms with Gasteiger partial charge in [-0.3, -0.25) is 4.79 Å². The standard InChI is InChI=1S/C31H32F3N3O3S.C31H34N2O4S.C2H4F3N.3CH3.Al/c1-5-9-24-27-22(17-37(24)41(39)30(2,3)4)15-23(29(38)35-18-31(32,33)34)36-28(27)21-12-8-11-19(14-21)26-16-20-10-6-7-13-25(20)40-26;1-6-11-25-28-23(19-33(25)38(35)31(3,4)5)17-24(30(34)36-7-2)32-29(28)22-14-10-13-20(16-22)27-18-21-12-8-9-15-26(21)37-27;3-2(4,5)1-6;;;;/h6-8,10-16,24H,5,9,17-18H2,1-4H3,(H,35,38);8-10,12-18,25H,6-7,11,19H2,1-5H3;1,6H2;3*1H3;/t24-,41-;25-,38-;;;;;/m11...../s1. The number of carbonyl (C=O) groups excluding carboxylic acids is 2. The van der Waals surface area contributed by atoms with E-state index in [4.69, 9.17) is 18.6 Å². The van der Waals surface area contributed by atoms with Crippen LogP contribution in [0.15, 0.2) is 130 Å². The van der Waals surface area contributed by atoms with E-state index in [1.165, 1.54) is 6.07 Å². The minimum Gasteiger partial charge on any atom is -0.461 e. The van der Waals surface area contributed by atoms with Gasteiger partial charge < -0.3 is 24.6 Å². The van der Waals surface area contributed by atoms with E-state index in [2.05, 4.69) is 45.4 Å². The second kappa shape index (κ2) is 29.6. The molecular weight excluding hydrogens is 1210 g/mol. The first-order valence-electron chi connectivity index (χ1n) is 29.8. The van der Waals surface area contributed by atoms with E-state index in [1.54, 1.807) is 6.92 Å². The number of amides is 1. The normalized spacial score (nSPS) is 15.8. The Kier molecular flexibility index (Phi) is 23.3. The summed E-state index contributed by atoms with van der Waals surface area (Å²) >= 11 is -0.139. The van der Waals surface area contributed by atoms with Crippen LogP contribution in [0.25, 0.3) is 67.1 Å². The van der Waals surface area contributed by atoms with Crippen molar-refractivity contribution in [2.45, 2.75) is 152 Å². The van der Waals surface area contributed by atoms with E-state index < -0.39 is 68.8 Å².